The molecule has 0 saturated carbocycles. The Hall–Kier alpha value is -3.34. The van der Waals surface area contributed by atoms with E-state index in [1.807, 2.05) is 42.5 Å². The second-order valence-corrected chi connectivity index (χ2v) is 5.40. The summed E-state index contributed by atoms with van der Waals surface area (Å²) in [5.41, 5.74) is 1.57. The molecule has 0 heterocycles. The van der Waals surface area contributed by atoms with E-state index in [4.69, 9.17) is 9.47 Å². The molecule has 0 aromatic heterocycles. The fourth-order valence-electron chi connectivity index (χ4n) is 2.68. The lowest BCUT2D eigenvalue weighted by molar-refractivity contribution is 0.0556. The van der Waals surface area contributed by atoms with E-state index in [9.17, 15) is 9.59 Å². The first-order chi connectivity index (χ1) is 12.1. The third kappa shape index (κ3) is 3.30. The number of carbonyl (C=O) groups is 2. The Morgan fingerprint density at radius 3 is 2.24 bits per heavy atom. The summed E-state index contributed by atoms with van der Waals surface area (Å²) in [6.07, 6.45) is 0. The molecule has 25 heavy (non-hydrogen) atoms. The molecule has 0 radical (unpaired) electrons. The molecule has 0 aliphatic rings. The van der Waals surface area contributed by atoms with Crippen molar-refractivity contribution in [3.8, 4) is 0 Å². The van der Waals surface area contributed by atoms with Gasteiger partial charge in [-0.15, -0.1) is 0 Å². The maximum absolute atomic E-state index is 12.2. The minimum atomic E-state index is -0.607. The predicted molar refractivity (Wildman–Crippen MR) is 96.4 cm³/mol. The molecule has 0 unspecified atom stereocenters. The van der Waals surface area contributed by atoms with Crippen molar-refractivity contribution in [1.29, 1.82) is 0 Å². The van der Waals surface area contributed by atoms with E-state index in [0.29, 0.717) is 5.69 Å². The third-order valence-corrected chi connectivity index (χ3v) is 3.89. The Balaban J connectivity index is 2.06. The summed E-state index contributed by atoms with van der Waals surface area (Å²) in [4.78, 5) is 24.2. The van der Waals surface area contributed by atoms with Crippen LogP contribution in [0.4, 0.5) is 11.4 Å². The zero-order chi connectivity index (χ0) is 17.8. The highest BCUT2D eigenvalue weighted by molar-refractivity contribution is 6.07. The van der Waals surface area contributed by atoms with E-state index in [2.05, 4.69) is 5.32 Å². The molecule has 3 aromatic rings. The fourth-order valence-corrected chi connectivity index (χ4v) is 2.68. The molecule has 5 heteroatoms. The SMILES string of the molecule is COC(=O)c1cccc(Nc2ccc3ccccc3c2)c1C(=O)OC. The van der Waals surface area contributed by atoms with E-state index in [1.165, 1.54) is 20.3 Å². The van der Waals surface area contributed by atoms with Gasteiger partial charge in [-0.3, -0.25) is 0 Å². The van der Waals surface area contributed by atoms with Gasteiger partial charge in [0.15, 0.2) is 0 Å². The van der Waals surface area contributed by atoms with Crippen molar-refractivity contribution < 1.29 is 19.1 Å². The monoisotopic (exact) mass is 335 g/mol. The number of hydrogen-bond donors (Lipinski definition) is 1. The van der Waals surface area contributed by atoms with Crippen molar-refractivity contribution in [1.82, 2.24) is 0 Å². The van der Waals surface area contributed by atoms with Crippen LogP contribution in [0.5, 0.6) is 0 Å². The van der Waals surface area contributed by atoms with Gasteiger partial charge in [0.25, 0.3) is 0 Å². The summed E-state index contributed by atoms with van der Waals surface area (Å²) < 4.78 is 9.59. The normalized spacial score (nSPS) is 10.3. The molecule has 0 atom stereocenters. The molecule has 0 aliphatic heterocycles. The summed E-state index contributed by atoms with van der Waals surface area (Å²) in [6, 6.07) is 18.8. The van der Waals surface area contributed by atoms with Crippen LogP contribution in [-0.2, 0) is 9.47 Å². The van der Waals surface area contributed by atoms with Gasteiger partial charge >= 0.3 is 11.9 Å². The molecule has 0 bridgehead atoms. The number of benzene rings is 3. The molecular formula is C20H17NO4. The van der Waals surface area contributed by atoms with Crippen LogP contribution in [0.3, 0.4) is 0 Å². The van der Waals surface area contributed by atoms with E-state index in [0.717, 1.165) is 16.5 Å². The zero-order valence-electron chi connectivity index (χ0n) is 13.9. The summed E-state index contributed by atoms with van der Waals surface area (Å²) in [5, 5.41) is 5.37. The van der Waals surface area contributed by atoms with Gasteiger partial charge in [0.1, 0.15) is 0 Å². The van der Waals surface area contributed by atoms with Gasteiger partial charge in [-0.1, -0.05) is 36.4 Å². The van der Waals surface area contributed by atoms with Gasteiger partial charge in [0.2, 0.25) is 0 Å². The van der Waals surface area contributed by atoms with E-state index in [-0.39, 0.29) is 11.1 Å². The number of fused-ring (bicyclic) bond motifs is 1. The molecule has 0 saturated heterocycles. The number of nitrogens with one attached hydrogen (secondary N) is 1. The van der Waals surface area contributed by atoms with E-state index >= 15 is 0 Å². The smallest absolute Gasteiger partial charge is 0.340 e. The Morgan fingerprint density at radius 2 is 1.52 bits per heavy atom. The van der Waals surface area contributed by atoms with Gasteiger partial charge in [0, 0.05) is 5.69 Å². The van der Waals surface area contributed by atoms with Crippen molar-refractivity contribution in [2.75, 3.05) is 19.5 Å². The first-order valence-electron chi connectivity index (χ1n) is 7.69. The minimum absolute atomic E-state index is 0.144. The van der Waals surface area contributed by atoms with Crippen LogP contribution < -0.4 is 5.32 Å². The van der Waals surface area contributed by atoms with Crippen molar-refractivity contribution in [2.45, 2.75) is 0 Å². The molecule has 3 rings (SSSR count). The maximum Gasteiger partial charge on any atom is 0.340 e. The largest absolute Gasteiger partial charge is 0.465 e. The second-order valence-electron chi connectivity index (χ2n) is 5.40. The molecule has 0 spiro atoms. The van der Waals surface area contributed by atoms with Crippen LogP contribution in [0.25, 0.3) is 10.8 Å². The van der Waals surface area contributed by atoms with Crippen LogP contribution in [0, 0.1) is 0 Å². The Labute approximate surface area is 145 Å². The number of esters is 2. The Kier molecular flexibility index (Phi) is 4.66. The number of methoxy groups -OCH3 is 2. The lowest BCUT2D eigenvalue weighted by atomic mass is 10.0. The summed E-state index contributed by atoms with van der Waals surface area (Å²) in [6.45, 7) is 0. The highest BCUT2D eigenvalue weighted by atomic mass is 16.5. The van der Waals surface area contributed by atoms with Crippen LogP contribution in [0.2, 0.25) is 0 Å². The fraction of sp³-hybridized carbons (Fsp3) is 0.100. The molecule has 126 valence electrons. The Bertz CT molecular complexity index is 949. The molecule has 0 fully saturated rings. The number of anilines is 2. The van der Waals surface area contributed by atoms with E-state index in [1.54, 1.807) is 12.1 Å². The average molecular weight is 335 g/mol. The first-order valence-corrected chi connectivity index (χ1v) is 7.69. The van der Waals surface area contributed by atoms with E-state index < -0.39 is 11.9 Å². The quantitative estimate of drug-likeness (QED) is 0.725. The number of hydrogen-bond acceptors (Lipinski definition) is 5. The van der Waals surface area contributed by atoms with Crippen molar-refractivity contribution in [2.24, 2.45) is 0 Å². The third-order valence-electron chi connectivity index (χ3n) is 3.89. The van der Waals surface area contributed by atoms with Gasteiger partial charge in [-0.05, 0) is 35.0 Å². The topological polar surface area (TPSA) is 64.6 Å². The standard InChI is InChI=1S/C20H17NO4/c1-24-19(22)16-8-5-9-17(18(16)20(23)25-2)21-15-11-10-13-6-3-4-7-14(13)12-15/h3-12,21H,1-2H3. The van der Waals surface area contributed by atoms with Crippen LogP contribution in [0.1, 0.15) is 20.7 Å². The molecule has 5 nitrogen and oxygen atoms in total. The predicted octanol–water partition coefficient (Wildman–Crippen LogP) is 4.16. The maximum atomic E-state index is 12.2. The van der Waals surface area contributed by atoms with Crippen LogP contribution in [-0.4, -0.2) is 26.2 Å². The average Bonchev–Trinajstić information content (AvgIpc) is 2.66. The number of ether oxygens (including phenoxy) is 2. The van der Waals surface area contributed by atoms with Gasteiger partial charge in [-0.2, -0.15) is 0 Å². The Morgan fingerprint density at radius 1 is 0.800 bits per heavy atom. The molecule has 3 aromatic carbocycles. The molecule has 1 N–H and O–H groups in total. The zero-order valence-corrected chi connectivity index (χ0v) is 13.9. The van der Waals surface area contributed by atoms with Crippen molar-refractivity contribution >= 4 is 34.1 Å². The molecule has 0 amide bonds. The molecule has 0 aliphatic carbocycles. The van der Waals surface area contributed by atoms with Crippen LogP contribution >= 0.6 is 0 Å². The number of rotatable bonds is 4. The second kappa shape index (κ2) is 7.05. The first kappa shape index (κ1) is 16.5. The van der Waals surface area contributed by atoms with Gasteiger partial charge < -0.3 is 14.8 Å². The minimum Gasteiger partial charge on any atom is -0.465 e. The molecular weight excluding hydrogens is 318 g/mol. The summed E-state index contributed by atoms with van der Waals surface area (Å²) in [5.74, 6) is -1.20. The lowest BCUT2D eigenvalue weighted by Gasteiger charge is -2.14. The van der Waals surface area contributed by atoms with Crippen molar-refractivity contribution in [3.63, 3.8) is 0 Å². The van der Waals surface area contributed by atoms with Crippen LogP contribution in [0.15, 0.2) is 60.7 Å². The van der Waals surface area contributed by atoms with Gasteiger partial charge in [-0.25, -0.2) is 9.59 Å². The number of carbonyl (C=O) groups excluding carboxylic acids is 2. The van der Waals surface area contributed by atoms with Gasteiger partial charge in [0.05, 0.1) is 31.0 Å². The summed E-state index contributed by atoms with van der Waals surface area (Å²) >= 11 is 0. The summed E-state index contributed by atoms with van der Waals surface area (Å²) in [7, 11) is 2.54. The highest BCUT2D eigenvalue weighted by Gasteiger charge is 2.22. The lowest BCUT2D eigenvalue weighted by Crippen LogP contribution is -2.14. The van der Waals surface area contributed by atoms with Crippen molar-refractivity contribution in [3.05, 3.63) is 71.8 Å². The highest BCUT2D eigenvalue weighted by Crippen LogP contribution is 2.27.